The van der Waals surface area contributed by atoms with Gasteiger partial charge in [0.1, 0.15) is 0 Å². The number of fused-ring (bicyclic) bond motifs is 1. The zero-order chi connectivity index (χ0) is 18.6. The number of rotatable bonds is 4. The quantitative estimate of drug-likeness (QED) is 0.544. The van der Waals surface area contributed by atoms with Gasteiger partial charge in [-0.1, -0.05) is 38.3 Å². The van der Waals surface area contributed by atoms with E-state index in [1.54, 1.807) is 12.8 Å². The molecule has 4 unspecified atom stereocenters. The van der Waals surface area contributed by atoms with Gasteiger partial charge in [0.05, 0.1) is 11.6 Å². The minimum absolute atomic E-state index is 0.731. The molecular formula is C26H37N. The van der Waals surface area contributed by atoms with Crippen LogP contribution in [0.25, 0.3) is 0 Å². The van der Waals surface area contributed by atoms with Crippen LogP contribution in [0.1, 0.15) is 101 Å². The zero-order valence-corrected chi connectivity index (χ0v) is 17.2. The van der Waals surface area contributed by atoms with Crippen LogP contribution in [-0.2, 0) is 0 Å². The Bertz CT molecular complexity index is 631. The molecule has 1 heteroatoms. The van der Waals surface area contributed by atoms with Crippen molar-refractivity contribution in [3.63, 3.8) is 0 Å². The van der Waals surface area contributed by atoms with E-state index in [0.717, 1.165) is 41.1 Å². The van der Waals surface area contributed by atoms with Gasteiger partial charge in [0.2, 0.25) is 0 Å². The largest absolute Gasteiger partial charge is 0.192 e. The smallest absolute Gasteiger partial charge is 0.0991 e. The van der Waals surface area contributed by atoms with Crippen LogP contribution in [0.4, 0.5) is 0 Å². The molecule has 0 saturated heterocycles. The monoisotopic (exact) mass is 363 g/mol. The van der Waals surface area contributed by atoms with E-state index in [4.69, 9.17) is 5.26 Å². The molecule has 3 fully saturated rings. The van der Waals surface area contributed by atoms with Crippen molar-refractivity contribution in [3.05, 3.63) is 35.4 Å². The van der Waals surface area contributed by atoms with Gasteiger partial charge in [0, 0.05) is 0 Å². The van der Waals surface area contributed by atoms with Crippen molar-refractivity contribution in [1.82, 2.24) is 0 Å². The van der Waals surface area contributed by atoms with Gasteiger partial charge in [-0.05, 0) is 111 Å². The molecule has 0 N–H and O–H groups in total. The maximum atomic E-state index is 8.99. The molecule has 0 amide bonds. The van der Waals surface area contributed by atoms with E-state index in [2.05, 4.69) is 25.1 Å². The third-order valence-corrected chi connectivity index (χ3v) is 8.41. The molecule has 0 bridgehead atoms. The SMILES string of the molecule is CCCC1CCC2CC(C3CCC(c4ccc(C#N)cc4)CC3)CCC2C1. The lowest BCUT2D eigenvalue weighted by molar-refractivity contribution is 0.0618. The van der Waals surface area contributed by atoms with Gasteiger partial charge < -0.3 is 0 Å². The molecule has 0 aromatic heterocycles. The first-order chi connectivity index (χ1) is 13.3. The Labute approximate surface area is 166 Å². The summed E-state index contributed by atoms with van der Waals surface area (Å²) < 4.78 is 0. The maximum absolute atomic E-state index is 8.99. The summed E-state index contributed by atoms with van der Waals surface area (Å²) in [5.41, 5.74) is 2.25. The van der Waals surface area contributed by atoms with E-state index in [-0.39, 0.29) is 0 Å². The van der Waals surface area contributed by atoms with Crippen molar-refractivity contribution in [3.8, 4) is 6.07 Å². The topological polar surface area (TPSA) is 23.8 Å². The van der Waals surface area contributed by atoms with Gasteiger partial charge in [-0.2, -0.15) is 5.26 Å². The number of nitriles is 1. The summed E-state index contributed by atoms with van der Waals surface area (Å²) in [5.74, 6) is 5.94. The molecule has 1 nitrogen and oxygen atoms in total. The second-order valence-corrected chi connectivity index (χ2v) is 9.91. The van der Waals surface area contributed by atoms with Crippen LogP contribution in [0.2, 0.25) is 0 Å². The van der Waals surface area contributed by atoms with Gasteiger partial charge in [0.25, 0.3) is 0 Å². The molecule has 0 spiro atoms. The van der Waals surface area contributed by atoms with E-state index in [1.165, 1.54) is 69.8 Å². The summed E-state index contributed by atoms with van der Waals surface area (Å²) in [6.45, 7) is 2.36. The van der Waals surface area contributed by atoms with E-state index in [9.17, 15) is 0 Å². The summed E-state index contributed by atoms with van der Waals surface area (Å²) in [6, 6.07) is 10.6. The highest BCUT2D eigenvalue weighted by Gasteiger charge is 2.38. The van der Waals surface area contributed by atoms with Gasteiger partial charge in [-0.3, -0.25) is 0 Å². The first-order valence-electron chi connectivity index (χ1n) is 11.8. The third-order valence-electron chi connectivity index (χ3n) is 8.41. The van der Waals surface area contributed by atoms with Crippen LogP contribution in [-0.4, -0.2) is 0 Å². The highest BCUT2D eigenvalue weighted by atomic mass is 14.4. The number of hydrogen-bond donors (Lipinski definition) is 0. The summed E-state index contributed by atoms with van der Waals surface area (Å²) in [7, 11) is 0. The second kappa shape index (κ2) is 8.81. The molecule has 3 saturated carbocycles. The average molecular weight is 364 g/mol. The molecule has 0 radical (unpaired) electrons. The van der Waals surface area contributed by atoms with Crippen molar-refractivity contribution in [2.45, 2.75) is 89.9 Å². The fraction of sp³-hybridized carbons (Fsp3) is 0.731. The zero-order valence-electron chi connectivity index (χ0n) is 17.2. The molecule has 0 heterocycles. The van der Waals surface area contributed by atoms with Crippen LogP contribution in [0, 0.1) is 40.9 Å². The lowest BCUT2D eigenvalue weighted by atomic mass is 9.60. The molecule has 0 aliphatic heterocycles. The van der Waals surface area contributed by atoms with Gasteiger partial charge >= 0.3 is 0 Å². The van der Waals surface area contributed by atoms with Gasteiger partial charge in [-0.15, -0.1) is 0 Å². The first-order valence-corrected chi connectivity index (χ1v) is 11.8. The first kappa shape index (κ1) is 19.0. The van der Waals surface area contributed by atoms with Crippen molar-refractivity contribution < 1.29 is 0 Å². The standard InChI is InChI=1S/C26H37N/c1-2-3-19-4-9-26-17-25(15-14-24(26)16-19)23-12-10-22(11-13-23)21-7-5-20(18-27)6-8-21/h5-8,19,22-26H,2-4,9-17H2,1H3. The Morgan fingerprint density at radius 3 is 2.04 bits per heavy atom. The highest BCUT2D eigenvalue weighted by molar-refractivity contribution is 5.33. The number of hydrogen-bond acceptors (Lipinski definition) is 1. The van der Waals surface area contributed by atoms with Gasteiger partial charge in [-0.25, -0.2) is 0 Å². The van der Waals surface area contributed by atoms with Crippen molar-refractivity contribution in [2.24, 2.45) is 29.6 Å². The van der Waals surface area contributed by atoms with Gasteiger partial charge in [0.15, 0.2) is 0 Å². The summed E-state index contributed by atoms with van der Waals surface area (Å²) in [5, 5.41) is 8.99. The van der Waals surface area contributed by atoms with E-state index >= 15 is 0 Å². The molecule has 4 atom stereocenters. The molecule has 1 aromatic carbocycles. The van der Waals surface area contributed by atoms with Crippen LogP contribution in [0.5, 0.6) is 0 Å². The number of nitrogens with zero attached hydrogens (tertiary/aromatic N) is 1. The van der Waals surface area contributed by atoms with Crippen LogP contribution in [0.3, 0.4) is 0 Å². The molecule has 27 heavy (non-hydrogen) atoms. The summed E-state index contributed by atoms with van der Waals surface area (Å²) in [4.78, 5) is 0. The van der Waals surface area contributed by atoms with Crippen LogP contribution < -0.4 is 0 Å². The average Bonchev–Trinajstić information content (AvgIpc) is 2.74. The number of benzene rings is 1. The molecule has 1 aromatic rings. The Morgan fingerprint density at radius 1 is 0.778 bits per heavy atom. The minimum atomic E-state index is 0.731. The fourth-order valence-electron chi connectivity index (χ4n) is 6.88. The summed E-state index contributed by atoms with van der Waals surface area (Å²) in [6.07, 6.45) is 17.7. The molecule has 3 aliphatic rings. The van der Waals surface area contributed by atoms with E-state index < -0.39 is 0 Å². The van der Waals surface area contributed by atoms with E-state index in [1.807, 2.05) is 12.1 Å². The second-order valence-electron chi connectivity index (χ2n) is 9.91. The normalized spacial score (nSPS) is 36.6. The van der Waals surface area contributed by atoms with Crippen molar-refractivity contribution in [1.29, 1.82) is 5.26 Å². The molecule has 3 aliphatic carbocycles. The van der Waals surface area contributed by atoms with Crippen LogP contribution in [0.15, 0.2) is 24.3 Å². The highest BCUT2D eigenvalue weighted by Crippen LogP contribution is 2.50. The molecule has 146 valence electrons. The Hall–Kier alpha value is -1.29. The summed E-state index contributed by atoms with van der Waals surface area (Å²) >= 11 is 0. The van der Waals surface area contributed by atoms with Crippen molar-refractivity contribution >= 4 is 0 Å². The lowest BCUT2D eigenvalue weighted by Crippen LogP contribution is -2.34. The van der Waals surface area contributed by atoms with Crippen molar-refractivity contribution in [2.75, 3.05) is 0 Å². The van der Waals surface area contributed by atoms with Crippen LogP contribution >= 0.6 is 0 Å². The lowest BCUT2D eigenvalue weighted by Gasteiger charge is -2.45. The Morgan fingerprint density at radius 2 is 1.37 bits per heavy atom. The molecule has 4 rings (SSSR count). The Kier molecular flexibility index (Phi) is 6.21. The predicted molar refractivity (Wildman–Crippen MR) is 112 cm³/mol. The fourth-order valence-corrected chi connectivity index (χ4v) is 6.88. The maximum Gasteiger partial charge on any atom is 0.0991 e. The Balaban J connectivity index is 1.27. The minimum Gasteiger partial charge on any atom is -0.192 e. The predicted octanol–water partition coefficient (Wildman–Crippen LogP) is 7.46. The third kappa shape index (κ3) is 4.42. The van der Waals surface area contributed by atoms with E-state index in [0.29, 0.717) is 0 Å². The molecular weight excluding hydrogens is 326 g/mol.